The Hall–Kier alpha value is -0.820. The van der Waals surface area contributed by atoms with E-state index in [9.17, 15) is 0 Å². The summed E-state index contributed by atoms with van der Waals surface area (Å²) in [5.41, 5.74) is 4.59. The molecule has 1 aromatic rings. The fourth-order valence-corrected chi connectivity index (χ4v) is 1.81. The highest BCUT2D eigenvalue weighted by molar-refractivity contribution is 5.38. The van der Waals surface area contributed by atoms with Gasteiger partial charge in [0.15, 0.2) is 0 Å². The SMILES string of the molecule is Cc1cc(C(C)(C)C)ccc1C1CN1. The Morgan fingerprint density at radius 1 is 1.29 bits per heavy atom. The van der Waals surface area contributed by atoms with E-state index in [1.165, 1.54) is 16.7 Å². The number of aryl methyl sites for hydroxylation is 1. The molecule has 1 N–H and O–H groups in total. The molecule has 0 saturated carbocycles. The Labute approximate surface area is 86.5 Å². The van der Waals surface area contributed by atoms with Crippen LogP contribution in [0, 0.1) is 6.92 Å². The lowest BCUT2D eigenvalue weighted by molar-refractivity contribution is 0.589. The summed E-state index contributed by atoms with van der Waals surface area (Å²) in [6, 6.07) is 7.50. The van der Waals surface area contributed by atoms with Gasteiger partial charge in [0.05, 0.1) is 0 Å². The molecule has 0 spiro atoms. The van der Waals surface area contributed by atoms with Crippen LogP contribution in [0.5, 0.6) is 0 Å². The second kappa shape index (κ2) is 3.09. The third-order valence-electron chi connectivity index (χ3n) is 2.92. The van der Waals surface area contributed by atoms with Crippen LogP contribution >= 0.6 is 0 Å². The van der Waals surface area contributed by atoms with Crippen LogP contribution in [0.2, 0.25) is 0 Å². The van der Waals surface area contributed by atoms with Crippen molar-refractivity contribution in [3.8, 4) is 0 Å². The molecule has 1 aromatic carbocycles. The summed E-state index contributed by atoms with van der Waals surface area (Å²) in [4.78, 5) is 0. The summed E-state index contributed by atoms with van der Waals surface area (Å²) in [7, 11) is 0. The van der Waals surface area contributed by atoms with Crippen LogP contribution < -0.4 is 5.32 Å². The van der Waals surface area contributed by atoms with Gasteiger partial charge < -0.3 is 5.32 Å². The van der Waals surface area contributed by atoms with Crippen molar-refractivity contribution >= 4 is 0 Å². The van der Waals surface area contributed by atoms with Crippen molar-refractivity contribution in [1.29, 1.82) is 0 Å². The monoisotopic (exact) mass is 189 g/mol. The average Bonchev–Trinajstić information content (AvgIpc) is 2.85. The van der Waals surface area contributed by atoms with Crippen LogP contribution in [0.15, 0.2) is 18.2 Å². The van der Waals surface area contributed by atoms with Crippen molar-refractivity contribution in [2.45, 2.75) is 39.2 Å². The Morgan fingerprint density at radius 2 is 1.93 bits per heavy atom. The average molecular weight is 189 g/mol. The Kier molecular flexibility index (Phi) is 2.15. The Morgan fingerprint density at radius 3 is 2.36 bits per heavy atom. The Bertz CT molecular complexity index is 343. The lowest BCUT2D eigenvalue weighted by atomic mass is 9.85. The molecule has 1 heteroatoms. The number of hydrogen-bond donors (Lipinski definition) is 1. The summed E-state index contributed by atoms with van der Waals surface area (Å²) >= 11 is 0. The van der Waals surface area contributed by atoms with Crippen molar-refractivity contribution in [3.63, 3.8) is 0 Å². The van der Waals surface area contributed by atoms with Gasteiger partial charge in [-0.05, 0) is 29.0 Å². The maximum absolute atomic E-state index is 3.35. The topological polar surface area (TPSA) is 21.9 Å². The number of rotatable bonds is 1. The lowest BCUT2D eigenvalue weighted by Gasteiger charge is -2.20. The fraction of sp³-hybridized carbons (Fsp3) is 0.538. The molecule has 1 aliphatic rings. The van der Waals surface area contributed by atoms with E-state index in [1.807, 2.05) is 0 Å². The van der Waals surface area contributed by atoms with Crippen molar-refractivity contribution in [2.24, 2.45) is 0 Å². The number of benzene rings is 1. The molecule has 0 bridgehead atoms. The van der Waals surface area contributed by atoms with E-state index in [0.717, 1.165) is 6.54 Å². The second-order valence-corrected chi connectivity index (χ2v) is 5.28. The number of nitrogens with one attached hydrogen (secondary N) is 1. The molecule has 1 aliphatic heterocycles. The standard InChI is InChI=1S/C13H19N/c1-9-7-10(13(2,3)4)5-6-11(9)12-8-14-12/h5-7,12,14H,8H2,1-4H3. The first-order chi connectivity index (χ1) is 6.48. The van der Waals surface area contributed by atoms with Gasteiger partial charge in [0.25, 0.3) is 0 Å². The Balaban J connectivity index is 2.35. The van der Waals surface area contributed by atoms with Gasteiger partial charge in [0.1, 0.15) is 0 Å². The molecule has 1 nitrogen and oxygen atoms in total. The van der Waals surface area contributed by atoms with E-state index in [2.05, 4.69) is 51.2 Å². The lowest BCUT2D eigenvalue weighted by Crippen LogP contribution is -2.11. The van der Waals surface area contributed by atoms with Gasteiger partial charge in [0, 0.05) is 12.6 Å². The molecule has 1 fully saturated rings. The first-order valence-corrected chi connectivity index (χ1v) is 5.33. The van der Waals surface area contributed by atoms with Gasteiger partial charge in [-0.3, -0.25) is 0 Å². The van der Waals surface area contributed by atoms with Gasteiger partial charge in [-0.25, -0.2) is 0 Å². The molecule has 76 valence electrons. The molecular weight excluding hydrogens is 170 g/mol. The van der Waals surface area contributed by atoms with E-state index >= 15 is 0 Å². The molecule has 1 atom stereocenters. The van der Waals surface area contributed by atoms with Crippen LogP contribution in [0.4, 0.5) is 0 Å². The molecule has 0 radical (unpaired) electrons. The summed E-state index contributed by atoms with van der Waals surface area (Å²) in [6.07, 6.45) is 0. The highest BCUT2D eigenvalue weighted by Gasteiger charge is 2.24. The van der Waals surface area contributed by atoms with Gasteiger partial charge in [-0.2, -0.15) is 0 Å². The quantitative estimate of drug-likeness (QED) is 0.674. The first-order valence-electron chi connectivity index (χ1n) is 5.33. The van der Waals surface area contributed by atoms with Gasteiger partial charge in [-0.1, -0.05) is 39.0 Å². The smallest absolute Gasteiger partial charge is 0.0450 e. The van der Waals surface area contributed by atoms with E-state index in [0.29, 0.717) is 6.04 Å². The zero-order valence-corrected chi connectivity index (χ0v) is 9.52. The maximum atomic E-state index is 3.35. The van der Waals surface area contributed by atoms with Crippen LogP contribution in [0.25, 0.3) is 0 Å². The van der Waals surface area contributed by atoms with E-state index in [1.54, 1.807) is 0 Å². The molecule has 1 heterocycles. The van der Waals surface area contributed by atoms with Gasteiger partial charge >= 0.3 is 0 Å². The third kappa shape index (κ3) is 1.83. The molecule has 2 rings (SSSR count). The third-order valence-corrected chi connectivity index (χ3v) is 2.92. The first kappa shape index (κ1) is 9.72. The molecule has 14 heavy (non-hydrogen) atoms. The zero-order valence-electron chi connectivity index (χ0n) is 9.52. The molecule has 1 saturated heterocycles. The van der Waals surface area contributed by atoms with E-state index < -0.39 is 0 Å². The maximum Gasteiger partial charge on any atom is 0.0450 e. The highest BCUT2D eigenvalue weighted by atomic mass is 15.1. The fourth-order valence-electron chi connectivity index (χ4n) is 1.81. The second-order valence-electron chi connectivity index (χ2n) is 5.28. The van der Waals surface area contributed by atoms with Gasteiger partial charge in [0.2, 0.25) is 0 Å². The van der Waals surface area contributed by atoms with E-state index in [-0.39, 0.29) is 5.41 Å². The molecular formula is C13H19N. The summed E-state index contributed by atoms with van der Waals surface area (Å²) < 4.78 is 0. The predicted molar refractivity (Wildman–Crippen MR) is 60.6 cm³/mol. The number of hydrogen-bond acceptors (Lipinski definition) is 1. The van der Waals surface area contributed by atoms with Crippen molar-refractivity contribution in [3.05, 3.63) is 34.9 Å². The van der Waals surface area contributed by atoms with Crippen molar-refractivity contribution in [2.75, 3.05) is 6.54 Å². The van der Waals surface area contributed by atoms with Crippen LogP contribution in [0.3, 0.4) is 0 Å². The minimum atomic E-state index is 0.264. The molecule has 0 aliphatic carbocycles. The summed E-state index contributed by atoms with van der Waals surface area (Å²) in [5, 5.41) is 3.35. The zero-order chi connectivity index (χ0) is 10.3. The summed E-state index contributed by atoms with van der Waals surface area (Å²) in [6.45, 7) is 10.1. The van der Waals surface area contributed by atoms with E-state index in [4.69, 9.17) is 0 Å². The normalized spacial score (nSPS) is 21.0. The minimum absolute atomic E-state index is 0.264. The predicted octanol–water partition coefficient (Wildman–Crippen LogP) is 2.94. The highest BCUT2D eigenvalue weighted by Crippen LogP contribution is 2.29. The summed E-state index contributed by atoms with van der Waals surface area (Å²) in [5.74, 6) is 0. The van der Waals surface area contributed by atoms with Gasteiger partial charge in [-0.15, -0.1) is 0 Å². The molecule has 0 aromatic heterocycles. The molecule has 0 amide bonds. The van der Waals surface area contributed by atoms with Crippen molar-refractivity contribution < 1.29 is 0 Å². The minimum Gasteiger partial charge on any atom is -0.307 e. The van der Waals surface area contributed by atoms with Crippen LogP contribution in [-0.4, -0.2) is 6.54 Å². The largest absolute Gasteiger partial charge is 0.307 e. The van der Waals surface area contributed by atoms with Crippen LogP contribution in [-0.2, 0) is 5.41 Å². The van der Waals surface area contributed by atoms with Crippen molar-refractivity contribution in [1.82, 2.24) is 5.32 Å². The van der Waals surface area contributed by atoms with Crippen LogP contribution in [0.1, 0.15) is 43.5 Å². The molecule has 1 unspecified atom stereocenters.